The van der Waals surface area contributed by atoms with Crippen LogP contribution in [-0.4, -0.2) is 20.0 Å². The summed E-state index contributed by atoms with van der Waals surface area (Å²) in [5.74, 6) is 2.05. The standard InChI is InChI=1S/C35H38O3S2/c1-23-19-27(20-24(2)34(23)39-32-15-11-30(37-5)12-16-32)7-9-29(36)10-8-28-21-25(3)35(26(4)22-28)40-33-17-13-31(38-6)14-18-33/h11-22H,7-10H2,1-6H3. The molecule has 4 rings (SSSR count). The lowest BCUT2D eigenvalue weighted by Gasteiger charge is -2.13. The van der Waals surface area contributed by atoms with Crippen molar-refractivity contribution < 1.29 is 14.3 Å². The third kappa shape index (κ3) is 7.96. The zero-order chi connectivity index (χ0) is 28.6. The summed E-state index contributed by atoms with van der Waals surface area (Å²) in [5, 5.41) is 0. The molecule has 5 heteroatoms. The Kier molecular flexibility index (Phi) is 10.4. The maximum absolute atomic E-state index is 12.8. The van der Waals surface area contributed by atoms with Gasteiger partial charge in [-0.1, -0.05) is 47.8 Å². The zero-order valence-electron chi connectivity index (χ0n) is 24.3. The molecule has 208 valence electrons. The number of carbonyl (C=O) groups is 1. The molecule has 40 heavy (non-hydrogen) atoms. The number of hydrogen-bond donors (Lipinski definition) is 0. The first kappa shape index (κ1) is 29.8. The largest absolute Gasteiger partial charge is 0.497 e. The fourth-order valence-corrected chi connectivity index (χ4v) is 6.80. The Labute approximate surface area is 247 Å². The molecule has 0 aliphatic heterocycles. The molecule has 0 bridgehead atoms. The van der Waals surface area contributed by atoms with Crippen molar-refractivity contribution in [1.29, 1.82) is 0 Å². The van der Waals surface area contributed by atoms with Crippen molar-refractivity contribution in [3.8, 4) is 11.5 Å². The van der Waals surface area contributed by atoms with E-state index >= 15 is 0 Å². The molecule has 0 spiro atoms. The summed E-state index contributed by atoms with van der Waals surface area (Å²) in [6, 6.07) is 25.3. The number of aryl methyl sites for hydroxylation is 6. The van der Waals surface area contributed by atoms with Gasteiger partial charge in [0.25, 0.3) is 0 Å². The monoisotopic (exact) mass is 570 g/mol. The van der Waals surface area contributed by atoms with Gasteiger partial charge in [0.2, 0.25) is 0 Å². The third-order valence-electron chi connectivity index (χ3n) is 6.98. The molecule has 0 saturated carbocycles. The molecule has 0 amide bonds. The third-order valence-corrected chi connectivity index (χ3v) is 9.70. The topological polar surface area (TPSA) is 35.5 Å². The van der Waals surface area contributed by atoms with Gasteiger partial charge in [0.15, 0.2) is 0 Å². The first-order valence-electron chi connectivity index (χ1n) is 13.6. The van der Waals surface area contributed by atoms with Gasteiger partial charge in [-0.25, -0.2) is 0 Å². The summed E-state index contributed by atoms with van der Waals surface area (Å²) in [5.41, 5.74) is 7.47. The SMILES string of the molecule is COc1ccc(Sc2c(C)cc(CCC(=O)CCc3cc(C)c(Sc4ccc(OC)cc4)c(C)c3)cc2C)cc1. The zero-order valence-corrected chi connectivity index (χ0v) is 25.9. The van der Waals surface area contributed by atoms with E-state index in [9.17, 15) is 4.79 Å². The van der Waals surface area contributed by atoms with Gasteiger partial charge in [-0.05, 0) is 122 Å². The van der Waals surface area contributed by atoms with E-state index in [-0.39, 0.29) is 0 Å². The van der Waals surface area contributed by atoms with Gasteiger partial charge in [0.1, 0.15) is 17.3 Å². The van der Waals surface area contributed by atoms with Crippen molar-refractivity contribution in [3.63, 3.8) is 0 Å². The van der Waals surface area contributed by atoms with Crippen LogP contribution in [0.15, 0.2) is 92.4 Å². The molecule has 0 saturated heterocycles. The Bertz CT molecular complexity index is 1300. The van der Waals surface area contributed by atoms with E-state index in [0.29, 0.717) is 18.6 Å². The summed E-state index contributed by atoms with van der Waals surface area (Å²) in [4.78, 5) is 17.8. The van der Waals surface area contributed by atoms with Gasteiger partial charge < -0.3 is 9.47 Å². The summed E-state index contributed by atoms with van der Waals surface area (Å²) in [6.07, 6.45) is 2.72. The lowest BCUT2D eigenvalue weighted by molar-refractivity contribution is -0.119. The molecular formula is C35H38O3S2. The molecular weight excluding hydrogens is 533 g/mol. The van der Waals surface area contributed by atoms with Crippen LogP contribution in [0.3, 0.4) is 0 Å². The number of hydrogen-bond acceptors (Lipinski definition) is 5. The molecule has 4 aromatic rings. The highest BCUT2D eigenvalue weighted by atomic mass is 32.2. The predicted octanol–water partition coefficient (Wildman–Crippen LogP) is 9.37. The van der Waals surface area contributed by atoms with Gasteiger partial charge in [0.05, 0.1) is 14.2 Å². The van der Waals surface area contributed by atoms with Crippen molar-refractivity contribution in [1.82, 2.24) is 0 Å². The Morgan fingerprint density at radius 3 is 1.20 bits per heavy atom. The highest BCUT2D eigenvalue weighted by Crippen LogP contribution is 2.36. The first-order valence-corrected chi connectivity index (χ1v) is 15.2. The quantitative estimate of drug-likeness (QED) is 0.170. The normalized spacial score (nSPS) is 10.9. The number of methoxy groups -OCH3 is 2. The van der Waals surface area contributed by atoms with E-state index in [1.165, 1.54) is 53.0 Å². The number of ether oxygens (including phenoxy) is 2. The van der Waals surface area contributed by atoms with Crippen LogP contribution in [0.4, 0.5) is 0 Å². The first-order chi connectivity index (χ1) is 19.2. The molecule has 0 aliphatic carbocycles. The van der Waals surface area contributed by atoms with Crippen LogP contribution >= 0.6 is 23.5 Å². The van der Waals surface area contributed by atoms with E-state index in [0.717, 1.165) is 24.3 Å². The Morgan fingerprint density at radius 1 is 0.575 bits per heavy atom. The molecule has 0 atom stereocenters. The number of benzene rings is 4. The van der Waals surface area contributed by atoms with Gasteiger partial charge in [-0.15, -0.1) is 0 Å². The maximum Gasteiger partial charge on any atom is 0.133 e. The van der Waals surface area contributed by atoms with E-state index in [1.54, 1.807) is 37.7 Å². The Morgan fingerprint density at radius 2 is 0.900 bits per heavy atom. The fraction of sp³-hybridized carbons (Fsp3) is 0.286. The van der Waals surface area contributed by atoms with E-state index in [4.69, 9.17) is 9.47 Å². The van der Waals surface area contributed by atoms with Gasteiger partial charge in [0, 0.05) is 32.4 Å². The van der Waals surface area contributed by atoms with E-state index in [1.807, 2.05) is 24.3 Å². The van der Waals surface area contributed by atoms with Crippen molar-refractivity contribution in [2.45, 2.75) is 73.0 Å². The summed E-state index contributed by atoms with van der Waals surface area (Å²) in [6.45, 7) is 8.63. The summed E-state index contributed by atoms with van der Waals surface area (Å²) >= 11 is 3.55. The van der Waals surface area contributed by atoms with Crippen LogP contribution < -0.4 is 9.47 Å². The molecule has 0 unspecified atom stereocenters. The molecule has 0 aromatic heterocycles. The number of ketones is 1. The average Bonchev–Trinajstić information content (AvgIpc) is 2.95. The molecule has 4 aromatic carbocycles. The van der Waals surface area contributed by atoms with Crippen molar-refractivity contribution >= 4 is 29.3 Å². The second-order valence-corrected chi connectivity index (χ2v) is 12.4. The number of rotatable bonds is 12. The van der Waals surface area contributed by atoms with Crippen LogP contribution in [0.25, 0.3) is 0 Å². The van der Waals surface area contributed by atoms with Gasteiger partial charge >= 0.3 is 0 Å². The van der Waals surface area contributed by atoms with Crippen molar-refractivity contribution in [2.75, 3.05) is 14.2 Å². The summed E-state index contributed by atoms with van der Waals surface area (Å²) < 4.78 is 10.5. The molecule has 3 nitrogen and oxygen atoms in total. The molecule has 0 heterocycles. The Balaban J connectivity index is 1.31. The predicted molar refractivity (Wildman–Crippen MR) is 168 cm³/mol. The lowest BCUT2D eigenvalue weighted by Crippen LogP contribution is -2.03. The highest BCUT2D eigenvalue weighted by molar-refractivity contribution is 7.99. The molecule has 0 aliphatic rings. The summed E-state index contributed by atoms with van der Waals surface area (Å²) in [7, 11) is 3.37. The molecule has 0 radical (unpaired) electrons. The lowest BCUT2D eigenvalue weighted by atomic mass is 9.98. The van der Waals surface area contributed by atoms with Gasteiger partial charge in [-0.3, -0.25) is 4.79 Å². The second-order valence-electron chi connectivity index (χ2n) is 10.2. The second kappa shape index (κ2) is 14.0. The van der Waals surface area contributed by atoms with Crippen LogP contribution in [0.5, 0.6) is 11.5 Å². The molecule has 0 fully saturated rings. The van der Waals surface area contributed by atoms with E-state index < -0.39 is 0 Å². The van der Waals surface area contributed by atoms with E-state index in [2.05, 4.69) is 76.2 Å². The van der Waals surface area contributed by atoms with Crippen molar-refractivity contribution in [2.24, 2.45) is 0 Å². The highest BCUT2D eigenvalue weighted by Gasteiger charge is 2.12. The van der Waals surface area contributed by atoms with Crippen LogP contribution in [0.1, 0.15) is 46.2 Å². The van der Waals surface area contributed by atoms with Crippen molar-refractivity contribution in [3.05, 3.63) is 106 Å². The van der Waals surface area contributed by atoms with Crippen LogP contribution in [0, 0.1) is 27.7 Å². The minimum atomic E-state index is 0.319. The van der Waals surface area contributed by atoms with Crippen LogP contribution in [0.2, 0.25) is 0 Å². The smallest absolute Gasteiger partial charge is 0.133 e. The number of Topliss-reactive ketones (excluding diaryl/α,β-unsaturated/α-hetero) is 1. The number of carbonyl (C=O) groups excluding carboxylic acids is 1. The molecule has 0 N–H and O–H groups in total. The minimum Gasteiger partial charge on any atom is -0.497 e. The Hall–Kier alpha value is -3.15. The van der Waals surface area contributed by atoms with Crippen LogP contribution in [-0.2, 0) is 17.6 Å². The van der Waals surface area contributed by atoms with Gasteiger partial charge in [-0.2, -0.15) is 0 Å². The minimum absolute atomic E-state index is 0.319. The maximum atomic E-state index is 12.8. The average molecular weight is 571 g/mol. The fourth-order valence-electron chi connectivity index (χ4n) is 4.91.